The quantitative estimate of drug-likeness (QED) is 0.832. The Morgan fingerprint density at radius 2 is 2.07 bits per heavy atom. The van der Waals surface area contributed by atoms with Crippen molar-refractivity contribution in [2.45, 2.75) is 19.6 Å². The number of benzene rings is 1. The third-order valence-electron chi connectivity index (χ3n) is 2.61. The Labute approximate surface area is 96.3 Å². The van der Waals surface area contributed by atoms with Crippen molar-refractivity contribution < 1.29 is 5.11 Å². The molecule has 0 saturated carbocycles. The molecule has 0 radical (unpaired) electrons. The number of nitrogens with zero attached hydrogens (tertiary/aromatic N) is 1. The molecule has 84 valence electrons. The van der Waals surface area contributed by atoms with E-state index in [-0.39, 0.29) is 6.61 Å². The van der Waals surface area contributed by atoms with Gasteiger partial charge in [0.15, 0.2) is 0 Å². The summed E-state index contributed by atoms with van der Waals surface area (Å²) < 4.78 is 0. The fourth-order valence-electron chi connectivity index (χ4n) is 1.58. The smallest absolute Gasteiger partial charge is 0.0702 e. The van der Waals surface area contributed by atoms with Gasteiger partial charge >= 0.3 is 0 Å². The maximum Gasteiger partial charge on any atom is 0.0702 e. The zero-order valence-corrected chi connectivity index (χ0v) is 10.4. The van der Waals surface area contributed by atoms with Gasteiger partial charge in [0.2, 0.25) is 0 Å². The van der Waals surface area contributed by atoms with E-state index in [9.17, 15) is 5.11 Å². The van der Waals surface area contributed by atoms with Crippen LogP contribution in [-0.2, 0) is 6.61 Å². The number of para-hydroxylation sites is 1. The molecule has 15 heavy (non-hydrogen) atoms. The summed E-state index contributed by atoms with van der Waals surface area (Å²) in [6.07, 6.45) is 2.11. The first-order valence-electron chi connectivity index (χ1n) is 5.11. The highest BCUT2D eigenvalue weighted by Crippen LogP contribution is 2.21. The number of hydrogen-bond donors (Lipinski definition) is 1. The Bertz CT molecular complexity index is 303. The normalized spacial score (nSPS) is 12.5. The van der Waals surface area contributed by atoms with Crippen molar-refractivity contribution in [3.8, 4) is 0 Å². The minimum atomic E-state index is 0.104. The predicted molar refractivity (Wildman–Crippen MR) is 68.6 cm³/mol. The van der Waals surface area contributed by atoms with Crippen molar-refractivity contribution in [1.29, 1.82) is 0 Å². The lowest BCUT2D eigenvalue weighted by Gasteiger charge is -2.28. The molecule has 0 fully saturated rings. The lowest BCUT2D eigenvalue weighted by Crippen LogP contribution is -2.31. The molecular weight excluding hydrogens is 206 g/mol. The molecule has 2 nitrogen and oxygen atoms in total. The van der Waals surface area contributed by atoms with Crippen molar-refractivity contribution in [2.75, 3.05) is 24.0 Å². The molecule has 1 N–H and O–H groups in total. The summed E-state index contributed by atoms with van der Waals surface area (Å²) in [7, 11) is 2.08. The van der Waals surface area contributed by atoms with Crippen LogP contribution >= 0.6 is 11.8 Å². The fraction of sp³-hybridized carbons (Fsp3) is 0.500. The maximum absolute atomic E-state index is 9.25. The number of rotatable bonds is 5. The van der Waals surface area contributed by atoms with Gasteiger partial charge in [0, 0.05) is 30.1 Å². The highest BCUT2D eigenvalue weighted by Gasteiger charge is 2.11. The molecule has 1 unspecified atom stereocenters. The molecule has 0 heterocycles. The molecule has 0 amide bonds. The van der Waals surface area contributed by atoms with Crippen molar-refractivity contribution in [1.82, 2.24) is 0 Å². The Kier molecular flexibility index (Phi) is 4.99. The van der Waals surface area contributed by atoms with E-state index in [1.165, 1.54) is 0 Å². The maximum atomic E-state index is 9.25. The van der Waals surface area contributed by atoms with Gasteiger partial charge < -0.3 is 10.0 Å². The monoisotopic (exact) mass is 225 g/mol. The molecular formula is C12H19NOS. The van der Waals surface area contributed by atoms with E-state index < -0.39 is 0 Å². The molecule has 1 rings (SSSR count). The largest absolute Gasteiger partial charge is 0.392 e. The molecule has 1 aromatic rings. The lowest BCUT2D eigenvalue weighted by molar-refractivity contribution is 0.282. The molecule has 0 spiro atoms. The summed E-state index contributed by atoms with van der Waals surface area (Å²) in [6, 6.07) is 8.48. The fourth-order valence-corrected chi connectivity index (χ4v) is 2.29. The second-order valence-corrected chi connectivity index (χ2v) is 4.61. The van der Waals surface area contributed by atoms with Crippen LogP contribution in [-0.4, -0.2) is 30.2 Å². The SMILES string of the molecule is CSCC(C)N(C)c1ccccc1CO. The van der Waals surface area contributed by atoms with Crippen LogP contribution in [0.25, 0.3) is 0 Å². The van der Waals surface area contributed by atoms with Gasteiger partial charge in [0.05, 0.1) is 6.61 Å². The third-order valence-corrected chi connectivity index (χ3v) is 3.43. The van der Waals surface area contributed by atoms with E-state index in [1.54, 1.807) is 0 Å². The average Bonchev–Trinajstić information content (AvgIpc) is 2.28. The predicted octanol–water partition coefficient (Wildman–Crippen LogP) is 2.37. The first-order chi connectivity index (χ1) is 7.20. The molecule has 3 heteroatoms. The van der Waals surface area contributed by atoms with Gasteiger partial charge in [-0.2, -0.15) is 11.8 Å². The summed E-state index contributed by atoms with van der Waals surface area (Å²) >= 11 is 1.84. The Morgan fingerprint density at radius 1 is 1.40 bits per heavy atom. The number of hydrogen-bond acceptors (Lipinski definition) is 3. The van der Waals surface area contributed by atoms with Gasteiger partial charge in [-0.05, 0) is 19.2 Å². The van der Waals surface area contributed by atoms with Gasteiger partial charge in [0.25, 0.3) is 0 Å². The van der Waals surface area contributed by atoms with Crippen LogP contribution in [0.15, 0.2) is 24.3 Å². The molecule has 0 aliphatic rings. The summed E-state index contributed by atoms with van der Waals surface area (Å²) in [5.74, 6) is 1.09. The zero-order valence-electron chi connectivity index (χ0n) is 9.60. The van der Waals surface area contributed by atoms with Gasteiger partial charge in [-0.25, -0.2) is 0 Å². The first kappa shape index (κ1) is 12.4. The minimum Gasteiger partial charge on any atom is -0.392 e. The van der Waals surface area contributed by atoms with Gasteiger partial charge in [-0.3, -0.25) is 0 Å². The number of anilines is 1. The van der Waals surface area contributed by atoms with Gasteiger partial charge in [-0.1, -0.05) is 18.2 Å². The summed E-state index contributed by atoms with van der Waals surface area (Å²) in [4.78, 5) is 2.22. The minimum absolute atomic E-state index is 0.104. The van der Waals surface area contributed by atoms with E-state index in [0.717, 1.165) is 17.0 Å². The van der Waals surface area contributed by atoms with Crippen molar-refractivity contribution in [2.24, 2.45) is 0 Å². The molecule has 0 saturated heterocycles. The first-order valence-corrected chi connectivity index (χ1v) is 6.50. The van der Waals surface area contributed by atoms with E-state index in [4.69, 9.17) is 0 Å². The van der Waals surface area contributed by atoms with Crippen LogP contribution in [0.1, 0.15) is 12.5 Å². The lowest BCUT2D eigenvalue weighted by atomic mass is 10.1. The van der Waals surface area contributed by atoms with Gasteiger partial charge in [0.1, 0.15) is 0 Å². The molecule has 1 aromatic carbocycles. The van der Waals surface area contributed by atoms with Gasteiger partial charge in [-0.15, -0.1) is 0 Å². The van der Waals surface area contributed by atoms with Crippen LogP contribution in [0.4, 0.5) is 5.69 Å². The summed E-state index contributed by atoms with van der Waals surface area (Å²) in [5, 5.41) is 9.25. The highest BCUT2D eigenvalue weighted by molar-refractivity contribution is 7.98. The van der Waals surface area contributed by atoms with Crippen molar-refractivity contribution in [3.63, 3.8) is 0 Å². The molecule has 0 bridgehead atoms. The average molecular weight is 225 g/mol. The third kappa shape index (κ3) is 3.14. The number of aliphatic hydroxyl groups is 1. The molecule has 1 atom stereocenters. The molecule has 0 aromatic heterocycles. The van der Waals surface area contributed by atoms with E-state index in [0.29, 0.717) is 6.04 Å². The van der Waals surface area contributed by atoms with E-state index in [2.05, 4.69) is 31.2 Å². The number of aliphatic hydroxyl groups excluding tert-OH is 1. The number of thioether (sulfide) groups is 1. The zero-order chi connectivity index (χ0) is 11.3. The van der Waals surface area contributed by atoms with E-state index >= 15 is 0 Å². The van der Waals surface area contributed by atoms with Crippen LogP contribution in [0, 0.1) is 0 Å². The second kappa shape index (κ2) is 6.03. The highest BCUT2D eigenvalue weighted by atomic mass is 32.2. The standard InChI is InChI=1S/C12H19NOS/c1-10(9-15-3)13(2)12-7-5-4-6-11(12)8-14/h4-7,10,14H,8-9H2,1-3H3. The molecule has 0 aliphatic heterocycles. The van der Waals surface area contributed by atoms with Crippen molar-refractivity contribution >= 4 is 17.4 Å². The van der Waals surface area contributed by atoms with Crippen molar-refractivity contribution in [3.05, 3.63) is 29.8 Å². The topological polar surface area (TPSA) is 23.5 Å². The summed E-state index contributed by atoms with van der Waals surface area (Å²) in [6.45, 7) is 2.30. The Balaban J connectivity index is 2.84. The second-order valence-electron chi connectivity index (χ2n) is 3.70. The Morgan fingerprint density at radius 3 is 2.67 bits per heavy atom. The van der Waals surface area contributed by atoms with Crippen LogP contribution in [0.2, 0.25) is 0 Å². The van der Waals surface area contributed by atoms with Crippen LogP contribution in [0.3, 0.4) is 0 Å². The van der Waals surface area contributed by atoms with Crippen LogP contribution < -0.4 is 4.90 Å². The summed E-state index contributed by atoms with van der Waals surface area (Å²) in [5.41, 5.74) is 2.12. The van der Waals surface area contributed by atoms with Crippen LogP contribution in [0.5, 0.6) is 0 Å². The van der Waals surface area contributed by atoms with E-state index in [1.807, 2.05) is 30.0 Å². The molecule has 0 aliphatic carbocycles. The Hall–Kier alpha value is -0.670.